The van der Waals surface area contributed by atoms with Crippen LogP contribution in [0.2, 0.25) is 0 Å². The van der Waals surface area contributed by atoms with Gasteiger partial charge < -0.3 is 15.3 Å². The van der Waals surface area contributed by atoms with E-state index in [2.05, 4.69) is 21.2 Å². The molecular formula is C25H23F5N6O2. The number of aromatic nitrogens is 2. The summed E-state index contributed by atoms with van der Waals surface area (Å²) in [5, 5.41) is 19.8. The van der Waals surface area contributed by atoms with Crippen molar-refractivity contribution in [2.75, 3.05) is 36.4 Å². The summed E-state index contributed by atoms with van der Waals surface area (Å²) < 4.78 is 58.9. The molecule has 1 saturated carbocycles. The van der Waals surface area contributed by atoms with Gasteiger partial charge in [-0.2, -0.15) is 18.4 Å². The average molecular weight is 534 g/mol. The van der Waals surface area contributed by atoms with Gasteiger partial charge in [-0.25, -0.2) is 23.5 Å². The Kier molecular flexibility index (Phi) is 7.91. The number of halogens is 5. The number of rotatable bonds is 5. The summed E-state index contributed by atoms with van der Waals surface area (Å²) in [6.45, 7) is 3.36. The number of anilines is 2. The molecule has 0 radical (unpaired) electrons. The minimum absolute atomic E-state index is 0.437. The number of hydrogen-bond acceptors (Lipinski definition) is 7. The van der Waals surface area contributed by atoms with Gasteiger partial charge in [0.05, 0.1) is 22.7 Å². The van der Waals surface area contributed by atoms with E-state index in [4.69, 9.17) is 19.9 Å². The molecule has 2 fully saturated rings. The highest BCUT2D eigenvalue weighted by Gasteiger charge is 2.38. The highest BCUT2D eigenvalue weighted by Crippen LogP contribution is 2.31. The third-order valence-electron chi connectivity index (χ3n) is 6.02. The number of alkyl halides is 3. The fourth-order valence-corrected chi connectivity index (χ4v) is 3.86. The smallest absolute Gasteiger partial charge is 0.475 e. The van der Waals surface area contributed by atoms with E-state index in [0.29, 0.717) is 29.2 Å². The predicted molar refractivity (Wildman–Crippen MR) is 128 cm³/mol. The van der Waals surface area contributed by atoms with Crippen molar-refractivity contribution < 1.29 is 31.9 Å². The van der Waals surface area contributed by atoms with Gasteiger partial charge in [-0.3, -0.25) is 4.90 Å². The Morgan fingerprint density at radius 1 is 1.05 bits per heavy atom. The maximum atomic E-state index is 14.0. The normalized spacial score (nSPS) is 15.9. The van der Waals surface area contributed by atoms with E-state index >= 15 is 0 Å². The Hall–Kier alpha value is -4.05. The van der Waals surface area contributed by atoms with Crippen molar-refractivity contribution in [1.82, 2.24) is 14.9 Å². The average Bonchev–Trinajstić information content (AvgIpc) is 3.69. The number of carboxylic acid groups (broad SMARTS) is 1. The molecule has 1 saturated heterocycles. The fourth-order valence-electron chi connectivity index (χ4n) is 3.86. The van der Waals surface area contributed by atoms with Crippen LogP contribution in [0.3, 0.4) is 0 Å². The Morgan fingerprint density at radius 2 is 1.74 bits per heavy atom. The Labute approximate surface area is 214 Å². The number of nitriles is 1. The summed E-state index contributed by atoms with van der Waals surface area (Å²) >= 11 is 0. The maximum absolute atomic E-state index is 14.0. The molecule has 1 aliphatic heterocycles. The van der Waals surface area contributed by atoms with Gasteiger partial charge in [0.15, 0.2) is 11.6 Å². The van der Waals surface area contributed by atoms with E-state index in [1.807, 2.05) is 6.07 Å². The molecule has 200 valence electrons. The number of nitrogens with zero attached hydrogens (tertiary/aromatic N) is 5. The predicted octanol–water partition coefficient (Wildman–Crippen LogP) is 4.31. The Bertz CT molecular complexity index is 1360. The van der Waals surface area contributed by atoms with Crippen LogP contribution in [0, 0.1) is 23.0 Å². The van der Waals surface area contributed by atoms with E-state index < -0.39 is 23.8 Å². The Balaban J connectivity index is 0.000000426. The highest BCUT2D eigenvalue weighted by molar-refractivity contribution is 5.82. The molecule has 13 heteroatoms. The second-order valence-corrected chi connectivity index (χ2v) is 8.93. The summed E-state index contributed by atoms with van der Waals surface area (Å²) in [5.74, 6) is -2.25. The summed E-state index contributed by atoms with van der Waals surface area (Å²) in [6, 6.07) is 11.7. The van der Waals surface area contributed by atoms with E-state index in [9.17, 15) is 27.2 Å². The van der Waals surface area contributed by atoms with Gasteiger partial charge in [-0.15, -0.1) is 0 Å². The minimum Gasteiger partial charge on any atom is -0.475 e. The number of fused-ring (bicyclic) bond motifs is 1. The first kappa shape index (κ1) is 27.0. The van der Waals surface area contributed by atoms with E-state index in [1.54, 1.807) is 12.1 Å². The molecule has 38 heavy (non-hydrogen) atoms. The molecule has 8 nitrogen and oxygen atoms in total. The van der Waals surface area contributed by atoms with Gasteiger partial charge in [0.2, 0.25) is 0 Å². The molecule has 3 aromatic rings. The number of hydrogen-bond donors (Lipinski definition) is 2. The molecule has 0 unspecified atom stereocenters. The van der Waals surface area contributed by atoms with Crippen molar-refractivity contribution in [2.45, 2.75) is 31.6 Å². The number of nitrogens with one attached hydrogen (secondary N) is 1. The molecule has 2 N–H and O–H groups in total. The molecule has 0 bridgehead atoms. The monoisotopic (exact) mass is 534 g/mol. The zero-order valence-corrected chi connectivity index (χ0v) is 20.0. The van der Waals surface area contributed by atoms with E-state index in [1.165, 1.54) is 12.1 Å². The lowest BCUT2D eigenvalue weighted by Crippen LogP contribution is -2.46. The van der Waals surface area contributed by atoms with Gasteiger partial charge in [-0.1, -0.05) is 6.07 Å². The second kappa shape index (κ2) is 11.1. The summed E-state index contributed by atoms with van der Waals surface area (Å²) in [5.41, 5.74) is 2.52. The molecule has 0 atom stereocenters. The van der Waals surface area contributed by atoms with Crippen molar-refractivity contribution in [3.63, 3.8) is 0 Å². The van der Waals surface area contributed by atoms with Crippen LogP contribution in [0.15, 0.2) is 36.4 Å². The topological polar surface area (TPSA) is 105 Å². The molecule has 2 aromatic carbocycles. The lowest BCUT2D eigenvalue weighted by atomic mass is 10.1. The number of piperazine rings is 1. The number of carbonyl (C=O) groups is 1. The number of benzene rings is 2. The van der Waals surface area contributed by atoms with Gasteiger partial charge in [0, 0.05) is 50.4 Å². The van der Waals surface area contributed by atoms with Crippen LogP contribution in [-0.2, 0) is 11.3 Å². The van der Waals surface area contributed by atoms with Crippen molar-refractivity contribution in [2.24, 2.45) is 0 Å². The molecular weight excluding hydrogens is 511 g/mol. The summed E-state index contributed by atoms with van der Waals surface area (Å²) in [7, 11) is 0. The third-order valence-corrected chi connectivity index (χ3v) is 6.02. The van der Waals surface area contributed by atoms with Gasteiger partial charge >= 0.3 is 12.1 Å². The second-order valence-electron chi connectivity index (χ2n) is 8.93. The van der Waals surface area contributed by atoms with Gasteiger partial charge in [0.1, 0.15) is 11.6 Å². The van der Waals surface area contributed by atoms with E-state index in [-0.39, 0.29) is 0 Å². The lowest BCUT2D eigenvalue weighted by molar-refractivity contribution is -0.192. The first-order valence-electron chi connectivity index (χ1n) is 11.7. The van der Waals surface area contributed by atoms with E-state index in [0.717, 1.165) is 62.2 Å². The zero-order chi connectivity index (χ0) is 27.4. The zero-order valence-electron chi connectivity index (χ0n) is 20.0. The first-order chi connectivity index (χ1) is 18.0. The van der Waals surface area contributed by atoms with Crippen LogP contribution in [0.25, 0.3) is 11.0 Å². The first-order valence-corrected chi connectivity index (χ1v) is 11.7. The van der Waals surface area contributed by atoms with Gasteiger partial charge in [-0.05, 0) is 37.1 Å². The van der Waals surface area contributed by atoms with Crippen LogP contribution < -0.4 is 10.2 Å². The molecule has 0 spiro atoms. The maximum Gasteiger partial charge on any atom is 0.490 e. The number of carboxylic acids is 1. The Morgan fingerprint density at radius 3 is 2.32 bits per heavy atom. The summed E-state index contributed by atoms with van der Waals surface area (Å²) in [6.07, 6.45) is -2.83. The van der Waals surface area contributed by atoms with Crippen molar-refractivity contribution >= 4 is 28.6 Å². The van der Waals surface area contributed by atoms with Crippen LogP contribution >= 0.6 is 0 Å². The van der Waals surface area contributed by atoms with Crippen LogP contribution in [-0.4, -0.2) is 64.3 Å². The highest BCUT2D eigenvalue weighted by atomic mass is 19.4. The largest absolute Gasteiger partial charge is 0.490 e. The molecule has 5 rings (SSSR count). The standard InChI is InChI=1S/C23H22F2N6.C2HF3O2/c24-17-3-2-16(19(25)12-17)14-30-7-9-31(10-8-30)23-22(27-18-4-5-18)28-20-6-1-15(13-26)11-21(20)29-23;3-2(4,5)1(6)7/h1-3,6,11-12,18H,4-5,7-10,14H2,(H,27,28);(H,6,7). The van der Waals surface area contributed by atoms with Crippen molar-refractivity contribution in [1.29, 1.82) is 5.26 Å². The molecule has 1 aromatic heterocycles. The van der Waals surface area contributed by atoms with Crippen molar-refractivity contribution in [3.8, 4) is 6.07 Å². The van der Waals surface area contributed by atoms with Crippen LogP contribution in [0.1, 0.15) is 24.0 Å². The third kappa shape index (κ3) is 6.83. The quantitative estimate of drug-likeness (QED) is 0.467. The van der Waals surface area contributed by atoms with Crippen LogP contribution in [0.5, 0.6) is 0 Å². The van der Waals surface area contributed by atoms with Gasteiger partial charge in [0.25, 0.3) is 0 Å². The minimum atomic E-state index is -5.08. The SMILES string of the molecule is N#Cc1ccc2nc(NC3CC3)c(N3CCN(Cc4ccc(F)cc4F)CC3)nc2c1.O=C(O)C(F)(F)F. The van der Waals surface area contributed by atoms with Crippen molar-refractivity contribution in [3.05, 3.63) is 59.2 Å². The number of aliphatic carboxylic acids is 1. The lowest BCUT2D eigenvalue weighted by Gasteiger charge is -2.36. The fraction of sp³-hybridized carbons (Fsp3) is 0.360. The molecule has 0 amide bonds. The molecule has 1 aliphatic carbocycles. The molecule has 2 heterocycles. The van der Waals surface area contributed by atoms with Crippen LogP contribution in [0.4, 0.5) is 33.6 Å². The summed E-state index contributed by atoms with van der Waals surface area (Å²) in [4.78, 5) is 22.9. The molecule has 2 aliphatic rings.